The van der Waals surface area contributed by atoms with Crippen molar-refractivity contribution in [2.45, 2.75) is 59.9 Å². The molecular formula is C23H33NO3S. The van der Waals surface area contributed by atoms with Crippen LogP contribution in [0.1, 0.15) is 53.9 Å². The zero-order valence-electron chi connectivity index (χ0n) is 17.6. The van der Waals surface area contributed by atoms with E-state index in [2.05, 4.69) is 50.9 Å². The van der Waals surface area contributed by atoms with Crippen LogP contribution < -0.4 is 5.32 Å². The van der Waals surface area contributed by atoms with Gasteiger partial charge in [0.25, 0.3) is 0 Å². The number of carbonyl (C=O) groups is 2. The molecule has 1 unspecified atom stereocenters. The van der Waals surface area contributed by atoms with Gasteiger partial charge >= 0.3 is 5.97 Å². The molecule has 1 amide bonds. The largest absolute Gasteiger partial charge is 0.480 e. The summed E-state index contributed by atoms with van der Waals surface area (Å²) < 4.78 is 0. The maximum absolute atomic E-state index is 11.8. The lowest BCUT2D eigenvalue weighted by molar-refractivity contribution is -0.140. The van der Waals surface area contributed by atoms with Crippen LogP contribution in [0.25, 0.3) is 0 Å². The second kappa shape index (κ2) is 11.1. The molecule has 0 aliphatic heterocycles. The first kappa shape index (κ1) is 24.0. The predicted octanol–water partition coefficient (Wildman–Crippen LogP) is 5.02. The number of hydrogen-bond acceptors (Lipinski definition) is 3. The fourth-order valence-electron chi connectivity index (χ4n) is 3.29. The minimum absolute atomic E-state index is 0.0464. The van der Waals surface area contributed by atoms with E-state index in [0.717, 1.165) is 11.1 Å². The van der Waals surface area contributed by atoms with Crippen molar-refractivity contribution in [3.63, 3.8) is 0 Å². The molecule has 0 saturated carbocycles. The minimum Gasteiger partial charge on any atom is -0.480 e. The molecule has 2 N–H and O–H groups in total. The summed E-state index contributed by atoms with van der Waals surface area (Å²) in [6, 6.07) is -0.988. The molecule has 0 bridgehead atoms. The number of allylic oxidation sites excluding steroid dienone is 9. The summed E-state index contributed by atoms with van der Waals surface area (Å²) >= 11 is 3.93. The molecule has 154 valence electrons. The Morgan fingerprint density at radius 1 is 1.25 bits per heavy atom. The smallest absolute Gasteiger partial charge is 0.327 e. The van der Waals surface area contributed by atoms with Crippen molar-refractivity contribution < 1.29 is 14.7 Å². The quantitative estimate of drug-likeness (QED) is 0.303. The number of amides is 1. The second-order valence-corrected chi connectivity index (χ2v) is 8.37. The first-order chi connectivity index (χ1) is 13.1. The van der Waals surface area contributed by atoms with Gasteiger partial charge in [-0.25, -0.2) is 4.79 Å². The Kier molecular flexibility index (Phi) is 9.53. The molecular weight excluding hydrogens is 370 g/mol. The molecule has 1 atom stereocenters. The second-order valence-electron chi connectivity index (χ2n) is 8.00. The first-order valence-electron chi connectivity index (χ1n) is 9.62. The number of nitrogens with one attached hydrogen (secondary N) is 1. The fourth-order valence-corrected chi connectivity index (χ4v) is 3.53. The Labute approximate surface area is 174 Å². The predicted molar refractivity (Wildman–Crippen MR) is 120 cm³/mol. The van der Waals surface area contributed by atoms with E-state index < -0.39 is 17.9 Å². The maximum Gasteiger partial charge on any atom is 0.327 e. The molecule has 1 aliphatic carbocycles. The highest BCUT2D eigenvalue weighted by atomic mass is 32.1. The summed E-state index contributed by atoms with van der Waals surface area (Å²) in [5.41, 5.74) is 4.99. The Morgan fingerprint density at radius 3 is 2.50 bits per heavy atom. The molecule has 0 fully saturated rings. The molecule has 0 heterocycles. The molecule has 28 heavy (non-hydrogen) atoms. The standard InChI is InChI=1S/C23H33NO3S/c1-16(11-12-19-18(3)10-7-13-23(19,4)5)8-6-9-17(2)14-21(25)24-20(15-28)22(26)27/h6,8-9,11-12,14,20,28H,7,10,13,15H2,1-5H3,(H,24,25)(H,26,27)/b9-6+,12-11+,16-8+,17-14+. The molecule has 1 aliphatic rings. The molecule has 0 aromatic carbocycles. The van der Waals surface area contributed by atoms with Crippen molar-refractivity contribution in [2.24, 2.45) is 5.41 Å². The van der Waals surface area contributed by atoms with E-state index in [1.54, 1.807) is 6.92 Å². The van der Waals surface area contributed by atoms with Crippen LogP contribution >= 0.6 is 12.6 Å². The highest BCUT2D eigenvalue weighted by molar-refractivity contribution is 7.80. The lowest BCUT2D eigenvalue weighted by Crippen LogP contribution is -2.41. The number of hydrogen-bond donors (Lipinski definition) is 3. The van der Waals surface area contributed by atoms with Crippen molar-refractivity contribution in [3.05, 3.63) is 58.7 Å². The van der Waals surface area contributed by atoms with Crippen molar-refractivity contribution >= 4 is 24.5 Å². The average Bonchev–Trinajstić information content (AvgIpc) is 2.58. The first-order valence-corrected chi connectivity index (χ1v) is 10.3. The fraction of sp³-hybridized carbons (Fsp3) is 0.478. The van der Waals surface area contributed by atoms with Gasteiger partial charge in [-0.15, -0.1) is 0 Å². The Hall–Kier alpha value is -2.01. The number of carbonyl (C=O) groups excluding carboxylic acids is 1. The number of carboxylic acids is 1. The third kappa shape index (κ3) is 7.93. The molecule has 0 aromatic rings. The number of thiol groups is 1. The normalized spacial score (nSPS) is 19.4. The van der Waals surface area contributed by atoms with Gasteiger partial charge in [-0.2, -0.15) is 12.6 Å². The molecule has 5 heteroatoms. The molecule has 0 radical (unpaired) electrons. The summed E-state index contributed by atoms with van der Waals surface area (Å²) in [6.45, 7) is 10.7. The monoisotopic (exact) mass is 403 g/mol. The highest BCUT2D eigenvalue weighted by Crippen LogP contribution is 2.40. The molecule has 0 aromatic heterocycles. The van der Waals surface area contributed by atoms with Gasteiger partial charge in [-0.1, -0.05) is 55.4 Å². The molecule has 1 rings (SSSR count). The minimum atomic E-state index is -1.10. The van der Waals surface area contributed by atoms with Crippen molar-refractivity contribution in [1.29, 1.82) is 0 Å². The highest BCUT2D eigenvalue weighted by Gasteiger charge is 2.26. The van der Waals surface area contributed by atoms with E-state index in [0.29, 0.717) is 0 Å². The summed E-state index contributed by atoms with van der Waals surface area (Å²) in [7, 11) is 0. The number of carboxylic acid groups (broad SMARTS) is 1. The summed E-state index contributed by atoms with van der Waals surface area (Å²) in [6.07, 6.45) is 15.1. The van der Waals surface area contributed by atoms with Crippen LogP contribution in [0, 0.1) is 5.41 Å². The van der Waals surface area contributed by atoms with Crippen molar-refractivity contribution in [2.75, 3.05) is 5.75 Å². The number of aliphatic carboxylic acids is 1. The van der Waals surface area contributed by atoms with Crippen LogP contribution in [0.3, 0.4) is 0 Å². The van der Waals surface area contributed by atoms with Crippen molar-refractivity contribution in [1.82, 2.24) is 5.32 Å². The van der Waals surface area contributed by atoms with E-state index in [1.165, 1.54) is 36.5 Å². The van der Waals surface area contributed by atoms with Gasteiger partial charge in [0.05, 0.1) is 0 Å². The number of rotatable bonds is 8. The van der Waals surface area contributed by atoms with Crippen molar-refractivity contribution in [3.8, 4) is 0 Å². The van der Waals surface area contributed by atoms with Crippen LogP contribution in [0.4, 0.5) is 0 Å². The van der Waals surface area contributed by atoms with Gasteiger partial charge < -0.3 is 10.4 Å². The van der Waals surface area contributed by atoms with E-state index in [4.69, 9.17) is 5.11 Å². The van der Waals surface area contributed by atoms with Crippen LogP contribution in [-0.4, -0.2) is 28.8 Å². The van der Waals surface area contributed by atoms with Gasteiger partial charge in [0.1, 0.15) is 6.04 Å². The van der Waals surface area contributed by atoms with Gasteiger partial charge in [0.15, 0.2) is 0 Å². The average molecular weight is 404 g/mol. The molecule has 0 saturated heterocycles. The maximum atomic E-state index is 11.8. The van der Waals surface area contributed by atoms with Crippen LogP contribution in [0.2, 0.25) is 0 Å². The van der Waals surface area contributed by atoms with E-state index in [-0.39, 0.29) is 11.2 Å². The summed E-state index contributed by atoms with van der Waals surface area (Å²) in [4.78, 5) is 22.8. The van der Waals surface area contributed by atoms with Gasteiger partial charge in [-0.3, -0.25) is 4.79 Å². The topological polar surface area (TPSA) is 66.4 Å². The van der Waals surface area contributed by atoms with E-state index in [1.807, 2.05) is 25.2 Å². The van der Waals surface area contributed by atoms with Gasteiger partial charge in [0, 0.05) is 11.8 Å². The van der Waals surface area contributed by atoms with Crippen LogP contribution in [0.15, 0.2) is 58.7 Å². The van der Waals surface area contributed by atoms with Gasteiger partial charge in [-0.05, 0) is 56.6 Å². The van der Waals surface area contributed by atoms with Gasteiger partial charge in [0.2, 0.25) is 5.91 Å². The zero-order chi connectivity index (χ0) is 21.3. The van der Waals surface area contributed by atoms with Crippen LogP contribution in [0.5, 0.6) is 0 Å². The third-order valence-electron chi connectivity index (χ3n) is 4.93. The lowest BCUT2D eigenvalue weighted by Gasteiger charge is -2.32. The lowest BCUT2D eigenvalue weighted by atomic mass is 9.72. The molecule has 4 nitrogen and oxygen atoms in total. The SMILES string of the molecule is CC1=C(/C=C/C(C)=C/C=C/C(C)=C/C(=O)NC(CS)C(=O)O)C(C)(C)CCC1. The zero-order valence-corrected chi connectivity index (χ0v) is 18.5. The summed E-state index contributed by atoms with van der Waals surface area (Å²) in [5, 5.41) is 11.3. The molecule has 0 spiro atoms. The van der Waals surface area contributed by atoms with E-state index >= 15 is 0 Å². The summed E-state index contributed by atoms with van der Waals surface area (Å²) in [5.74, 6) is -1.49. The third-order valence-corrected chi connectivity index (χ3v) is 5.29. The van der Waals surface area contributed by atoms with Crippen LogP contribution in [-0.2, 0) is 9.59 Å². The Balaban J connectivity index is 2.72. The van der Waals surface area contributed by atoms with E-state index in [9.17, 15) is 9.59 Å². The Bertz CT molecular complexity index is 739. The Morgan fingerprint density at radius 2 is 1.93 bits per heavy atom.